The van der Waals surface area contributed by atoms with Crippen LogP contribution in [0.3, 0.4) is 0 Å². The van der Waals surface area contributed by atoms with E-state index in [0.717, 1.165) is 5.56 Å². The van der Waals surface area contributed by atoms with Crippen LogP contribution in [-0.4, -0.2) is 56.2 Å². The molecule has 9 heteroatoms. The number of nitrogens with one attached hydrogen (secondary N) is 1. The topological polar surface area (TPSA) is 77.1 Å². The van der Waals surface area contributed by atoms with Gasteiger partial charge < -0.3 is 24.4 Å². The number of morpholine rings is 1. The maximum Gasteiger partial charge on any atom is 0.260 e. The number of rotatable bonds is 8. The van der Waals surface area contributed by atoms with Crippen molar-refractivity contribution in [2.45, 2.75) is 13.5 Å². The fourth-order valence-electron chi connectivity index (χ4n) is 3.02. The molecule has 1 aliphatic rings. The molecule has 1 fully saturated rings. The van der Waals surface area contributed by atoms with E-state index in [0.29, 0.717) is 60.0 Å². The van der Waals surface area contributed by atoms with E-state index in [1.54, 1.807) is 41.3 Å². The maximum absolute atomic E-state index is 12.6. The molecular formula is C22H24Cl2N2O5. The Morgan fingerprint density at radius 1 is 1.06 bits per heavy atom. The molecule has 7 nitrogen and oxygen atoms in total. The Hall–Kier alpha value is -2.48. The molecule has 1 aliphatic heterocycles. The average Bonchev–Trinajstić information content (AvgIpc) is 2.78. The van der Waals surface area contributed by atoms with E-state index < -0.39 is 0 Å². The summed E-state index contributed by atoms with van der Waals surface area (Å²) in [6.45, 7) is 4.53. The van der Waals surface area contributed by atoms with Gasteiger partial charge in [0.05, 0.1) is 19.8 Å². The summed E-state index contributed by atoms with van der Waals surface area (Å²) in [5.41, 5.74) is 1.16. The lowest BCUT2D eigenvalue weighted by molar-refractivity contribution is -0.137. The van der Waals surface area contributed by atoms with E-state index in [4.69, 9.17) is 37.4 Å². The quantitative estimate of drug-likeness (QED) is 0.643. The lowest BCUT2D eigenvalue weighted by Crippen LogP contribution is -2.43. The maximum atomic E-state index is 12.6. The Balaban J connectivity index is 1.63. The van der Waals surface area contributed by atoms with Gasteiger partial charge in [0.15, 0.2) is 18.1 Å². The van der Waals surface area contributed by atoms with Crippen LogP contribution in [0.4, 0.5) is 0 Å². The summed E-state index contributed by atoms with van der Waals surface area (Å²) in [4.78, 5) is 26.6. The Labute approximate surface area is 191 Å². The molecule has 31 heavy (non-hydrogen) atoms. The van der Waals surface area contributed by atoms with E-state index >= 15 is 0 Å². The summed E-state index contributed by atoms with van der Waals surface area (Å²) in [6.07, 6.45) is 0. The second kappa shape index (κ2) is 11.2. The van der Waals surface area contributed by atoms with E-state index in [9.17, 15) is 9.59 Å². The van der Waals surface area contributed by atoms with Crippen LogP contribution in [-0.2, 0) is 16.1 Å². The summed E-state index contributed by atoms with van der Waals surface area (Å²) in [6, 6.07) is 9.95. The minimum atomic E-state index is -0.289. The first-order valence-electron chi connectivity index (χ1n) is 9.95. The average molecular weight is 467 g/mol. The van der Waals surface area contributed by atoms with Gasteiger partial charge in [0, 0.05) is 35.2 Å². The summed E-state index contributed by atoms with van der Waals surface area (Å²) in [5.74, 6) is 0.394. The highest BCUT2D eigenvalue weighted by Crippen LogP contribution is 2.29. The molecule has 0 atom stereocenters. The van der Waals surface area contributed by atoms with E-state index in [-0.39, 0.29) is 25.0 Å². The predicted molar refractivity (Wildman–Crippen MR) is 118 cm³/mol. The van der Waals surface area contributed by atoms with Gasteiger partial charge in [-0.25, -0.2) is 0 Å². The van der Waals surface area contributed by atoms with Crippen molar-refractivity contribution in [1.82, 2.24) is 10.2 Å². The zero-order valence-corrected chi connectivity index (χ0v) is 18.7. The van der Waals surface area contributed by atoms with Gasteiger partial charge in [0.1, 0.15) is 0 Å². The van der Waals surface area contributed by atoms with Crippen molar-refractivity contribution in [2.24, 2.45) is 0 Å². The molecule has 0 aliphatic carbocycles. The van der Waals surface area contributed by atoms with Gasteiger partial charge in [0.2, 0.25) is 0 Å². The van der Waals surface area contributed by atoms with Crippen LogP contribution < -0.4 is 14.8 Å². The number of benzene rings is 2. The van der Waals surface area contributed by atoms with Crippen molar-refractivity contribution in [2.75, 3.05) is 39.5 Å². The molecule has 0 unspecified atom stereocenters. The highest BCUT2D eigenvalue weighted by Gasteiger charge is 2.19. The lowest BCUT2D eigenvalue weighted by Gasteiger charge is -2.26. The molecule has 2 aromatic rings. The van der Waals surface area contributed by atoms with Gasteiger partial charge in [-0.1, -0.05) is 29.3 Å². The highest BCUT2D eigenvalue weighted by molar-refractivity contribution is 6.35. The van der Waals surface area contributed by atoms with Crippen LogP contribution in [0, 0.1) is 0 Å². The first kappa shape index (κ1) is 23.2. The fraction of sp³-hybridized carbons (Fsp3) is 0.364. The predicted octanol–water partition coefficient (Wildman–Crippen LogP) is 3.56. The van der Waals surface area contributed by atoms with Crippen LogP contribution >= 0.6 is 23.2 Å². The summed E-state index contributed by atoms with van der Waals surface area (Å²) >= 11 is 12.1. The molecule has 0 aromatic heterocycles. The van der Waals surface area contributed by atoms with Crippen LogP contribution in [0.2, 0.25) is 10.0 Å². The number of halogens is 2. The fourth-order valence-corrected chi connectivity index (χ4v) is 3.50. The van der Waals surface area contributed by atoms with E-state index in [2.05, 4.69) is 5.32 Å². The Bertz CT molecular complexity index is 932. The number of amides is 2. The molecule has 2 aromatic carbocycles. The van der Waals surface area contributed by atoms with Crippen LogP contribution in [0.1, 0.15) is 22.8 Å². The van der Waals surface area contributed by atoms with Crippen molar-refractivity contribution in [3.63, 3.8) is 0 Å². The summed E-state index contributed by atoms with van der Waals surface area (Å²) < 4.78 is 16.5. The van der Waals surface area contributed by atoms with E-state index in [1.807, 2.05) is 6.92 Å². The third kappa shape index (κ3) is 6.50. The molecular weight excluding hydrogens is 443 g/mol. The number of carbonyl (C=O) groups excluding carboxylic acids is 2. The summed E-state index contributed by atoms with van der Waals surface area (Å²) in [5, 5.41) is 3.84. The third-order valence-electron chi connectivity index (χ3n) is 4.68. The largest absolute Gasteiger partial charge is 0.490 e. The lowest BCUT2D eigenvalue weighted by atomic mass is 10.1. The van der Waals surface area contributed by atoms with Crippen molar-refractivity contribution in [1.29, 1.82) is 0 Å². The Morgan fingerprint density at radius 2 is 1.84 bits per heavy atom. The van der Waals surface area contributed by atoms with Crippen molar-refractivity contribution < 1.29 is 23.8 Å². The van der Waals surface area contributed by atoms with Gasteiger partial charge in [-0.3, -0.25) is 9.59 Å². The number of nitrogens with zero attached hydrogens (tertiary/aromatic N) is 1. The van der Waals surface area contributed by atoms with Gasteiger partial charge >= 0.3 is 0 Å². The summed E-state index contributed by atoms with van der Waals surface area (Å²) in [7, 11) is 0. The van der Waals surface area contributed by atoms with Crippen LogP contribution in [0.15, 0.2) is 36.4 Å². The van der Waals surface area contributed by atoms with Crippen molar-refractivity contribution in [3.05, 3.63) is 57.6 Å². The molecule has 0 bridgehead atoms. The zero-order valence-electron chi connectivity index (χ0n) is 17.2. The number of hydrogen-bond donors (Lipinski definition) is 1. The normalized spacial score (nSPS) is 13.6. The standard InChI is InChI=1S/C22H24Cl2N2O5/c1-2-30-20-11-15(22(28)25-13-16-3-5-17(23)12-18(16)24)4-6-19(20)31-14-21(27)26-7-9-29-10-8-26/h3-6,11-12H,2,7-10,13-14H2,1H3,(H,25,28). The number of carbonyl (C=O) groups is 2. The van der Waals surface area contributed by atoms with Gasteiger partial charge in [-0.05, 0) is 42.8 Å². The minimum Gasteiger partial charge on any atom is -0.490 e. The molecule has 0 saturated carbocycles. The first-order valence-corrected chi connectivity index (χ1v) is 10.7. The molecule has 3 rings (SSSR count). The van der Waals surface area contributed by atoms with Crippen LogP contribution in [0.5, 0.6) is 11.5 Å². The number of hydrogen-bond acceptors (Lipinski definition) is 5. The zero-order chi connectivity index (χ0) is 22.2. The van der Waals surface area contributed by atoms with Gasteiger partial charge in [-0.15, -0.1) is 0 Å². The SMILES string of the molecule is CCOc1cc(C(=O)NCc2ccc(Cl)cc2Cl)ccc1OCC(=O)N1CCOCC1. The Kier molecular flexibility index (Phi) is 8.40. The molecule has 1 saturated heterocycles. The highest BCUT2D eigenvalue weighted by atomic mass is 35.5. The first-order chi connectivity index (χ1) is 15.0. The Morgan fingerprint density at radius 3 is 2.55 bits per heavy atom. The van der Waals surface area contributed by atoms with Gasteiger partial charge in [-0.2, -0.15) is 0 Å². The second-order valence-corrected chi connectivity index (χ2v) is 7.64. The molecule has 0 spiro atoms. The number of ether oxygens (including phenoxy) is 3. The molecule has 166 valence electrons. The molecule has 2 amide bonds. The van der Waals surface area contributed by atoms with E-state index in [1.165, 1.54) is 0 Å². The van der Waals surface area contributed by atoms with Crippen molar-refractivity contribution in [3.8, 4) is 11.5 Å². The minimum absolute atomic E-state index is 0.110. The monoisotopic (exact) mass is 466 g/mol. The smallest absolute Gasteiger partial charge is 0.260 e. The van der Waals surface area contributed by atoms with Gasteiger partial charge in [0.25, 0.3) is 11.8 Å². The molecule has 1 heterocycles. The molecule has 1 N–H and O–H groups in total. The molecule has 0 radical (unpaired) electrons. The van der Waals surface area contributed by atoms with Crippen LogP contribution in [0.25, 0.3) is 0 Å². The van der Waals surface area contributed by atoms with Crippen molar-refractivity contribution >= 4 is 35.0 Å². The third-order valence-corrected chi connectivity index (χ3v) is 5.26. The second-order valence-electron chi connectivity index (χ2n) is 6.79.